The Bertz CT molecular complexity index is 250. The van der Waals surface area contributed by atoms with E-state index in [2.05, 4.69) is 6.58 Å². The van der Waals surface area contributed by atoms with E-state index in [1.165, 1.54) is 17.1 Å². The van der Waals surface area contributed by atoms with Crippen molar-refractivity contribution in [3.63, 3.8) is 0 Å². The molecule has 1 heterocycles. The van der Waals surface area contributed by atoms with Crippen molar-refractivity contribution in [1.82, 2.24) is 4.90 Å². The minimum Gasteiger partial charge on any atom is -0.275 e. The summed E-state index contributed by atoms with van der Waals surface area (Å²) in [5, 5.41) is 0. The smallest absolute Gasteiger partial charge is 0.253 e. The van der Waals surface area contributed by atoms with Crippen LogP contribution in [0.15, 0.2) is 24.8 Å². The molecular formula is C11H15NO2. The maximum absolute atomic E-state index is 11.1. The molecule has 0 fully saturated rings. The Morgan fingerprint density at radius 1 is 1.14 bits per heavy atom. The topological polar surface area (TPSA) is 37.4 Å². The van der Waals surface area contributed by atoms with Crippen LogP contribution in [0.25, 0.3) is 0 Å². The SMILES string of the molecule is C=CCCCCCN1C(=O)C=CC1=O. The third-order valence-electron chi connectivity index (χ3n) is 2.19. The maximum atomic E-state index is 11.1. The van der Waals surface area contributed by atoms with Gasteiger partial charge in [0, 0.05) is 18.7 Å². The molecule has 0 radical (unpaired) electrons. The van der Waals surface area contributed by atoms with Gasteiger partial charge in [-0.25, -0.2) is 0 Å². The highest BCUT2D eigenvalue weighted by molar-refractivity contribution is 6.12. The lowest BCUT2D eigenvalue weighted by atomic mass is 10.2. The van der Waals surface area contributed by atoms with Crippen molar-refractivity contribution < 1.29 is 9.59 Å². The number of hydrogen-bond acceptors (Lipinski definition) is 2. The predicted molar refractivity (Wildman–Crippen MR) is 54.5 cm³/mol. The van der Waals surface area contributed by atoms with E-state index < -0.39 is 0 Å². The molecule has 76 valence electrons. The van der Waals surface area contributed by atoms with Crippen LogP contribution in [0.2, 0.25) is 0 Å². The Balaban J connectivity index is 2.15. The maximum Gasteiger partial charge on any atom is 0.253 e. The highest BCUT2D eigenvalue weighted by atomic mass is 16.2. The Labute approximate surface area is 84.1 Å². The predicted octanol–water partition coefficient (Wildman–Crippen LogP) is 1.66. The number of hydrogen-bond donors (Lipinski definition) is 0. The second kappa shape index (κ2) is 5.37. The van der Waals surface area contributed by atoms with E-state index in [4.69, 9.17) is 0 Å². The van der Waals surface area contributed by atoms with Gasteiger partial charge in [-0.05, 0) is 19.3 Å². The summed E-state index contributed by atoms with van der Waals surface area (Å²) >= 11 is 0. The number of unbranched alkanes of at least 4 members (excludes halogenated alkanes) is 3. The zero-order valence-electron chi connectivity index (χ0n) is 8.24. The van der Waals surface area contributed by atoms with Crippen LogP contribution < -0.4 is 0 Å². The Hall–Kier alpha value is -1.38. The van der Waals surface area contributed by atoms with E-state index in [1.54, 1.807) is 0 Å². The number of allylic oxidation sites excluding steroid dienone is 1. The molecule has 3 heteroatoms. The van der Waals surface area contributed by atoms with Crippen molar-refractivity contribution in [2.45, 2.75) is 25.7 Å². The Morgan fingerprint density at radius 3 is 2.36 bits per heavy atom. The van der Waals surface area contributed by atoms with Gasteiger partial charge in [0.1, 0.15) is 0 Å². The average molecular weight is 193 g/mol. The van der Waals surface area contributed by atoms with E-state index in [1.807, 2.05) is 6.08 Å². The first-order valence-corrected chi connectivity index (χ1v) is 4.90. The molecule has 0 aromatic rings. The first kappa shape index (κ1) is 10.7. The third kappa shape index (κ3) is 2.83. The van der Waals surface area contributed by atoms with E-state index in [-0.39, 0.29) is 11.8 Å². The van der Waals surface area contributed by atoms with Gasteiger partial charge in [-0.3, -0.25) is 14.5 Å². The summed E-state index contributed by atoms with van der Waals surface area (Å²) in [6.07, 6.45) is 8.52. The standard InChI is InChI=1S/C11H15NO2/c1-2-3-4-5-6-9-12-10(13)7-8-11(12)14/h2,7-8H,1,3-6,9H2. The molecule has 1 aliphatic heterocycles. The quantitative estimate of drug-likeness (QED) is 0.365. The lowest BCUT2D eigenvalue weighted by Gasteiger charge is -2.12. The van der Waals surface area contributed by atoms with Crippen LogP contribution in [-0.4, -0.2) is 23.3 Å². The van der Waals surface area contributed by atoms with Crippen LogP contribution in [0, 0.1) is 0 Å². The summed E-state index contributed by atoms with van der Waals surface area (Å²) in [6, 6.07) is 0. The molecule has 0 aromatic carbocycles. The van der Waals surface area contributed by atoms with Crippen molar-refractivity contribution in [2.24, 2.45) is 0 Å². The second-order valence-electron chi connectivity index (χ2n) is 3.30. The van der Waals surface area contributed by atoms with Crippen molar-refractivity contribution >= 4 is 11.8 Å². The molecule has 1 aliphatic rings. The normalized spacial score (nSPS) is 15.3. The summed E-state index contributed by atoms with van der Waals surface area (Å²) in [6.45, 7) is 4.17. The first-order chi connectivity index (χ1) is 6.75. The van der Waals surface area contributed by atoms with Crippen molar-refractivity contribution in [1.29, 1.82) is 0 Å². The monoisotopic (exact) mass is 193 g/mol. The van der Waals surface area contributed by atoms with Crippen molar-refractivity contribution in [2.75, 3.05) is 6.54 Å². The number of amides is 2. The molecule has 0 atom stereocenters. The van der Waals surface area contributed by atoms with Gasteiger partial charge >= 0.3 is 0 Å². The van der Waals surface area contributed by atoms with Gasteiger partial charge in [0.2, 0.25) is 0 Å². The number of rotatable bonds is 6. The fourth-order valence-corrected chi connectivity index (χ4v) is 1.39. The van der Waals surface area contributed by atoms with E-state index in [0.717, 1.165) is 25.7 Å². The minimum atomic E-state index is -0.182. The first-order valence-electron chi connectivity index (χ1n) is 4.90. The number of imide groups is 1. The summed E-state index contributed by atoms with van der Waals surface area (Å²) < 4.78 is 0. The summed E-state index contributed by atoms with van der Waals surface area (Å²) in [7, 11) is 0. The van der Waals surface area contributed by atoms with Crippen LogP contribution in [0.3, 0.4) is 0 Å². The van der Waals surface area contributed by atoms with Crippen LogP contribution >= 0.6 is 0 Å². The van der Waals surface area contributed by atoms with Gasteiger partial charge in [-0.15, -0.1) is 6.58 Å². The van der Waals surface area contributed by atoms with E-state index in [0.29, 0.717) is 6.54 Å². The summed E-state index contributed by atoms with van der Waals surface area (Å²) in [5.41, 5.74) is 0. The van der Waals surface area contributed by atoms with Gasteiger partial charge in [0.15, 0.2) is 0 Å². The number of carbonyl (C=O) groups is 2. The Kier molecular flexibility index (Phi) is 4.11. The molecule has 0 unspecified atom stereocenters. The van der Waals surface area contributed by atoms with Crippen LogP contribution in [0.4, 0.5) is 0 Å². The molecule has 0 spiro atoms. The molecular weight excluding hydrogens is 178 g/mol. The molecule has 0 aromatic heterocycles. The lowest BCUT2D eigenvalue weighted by Crippen LogP contribution is -2.30. The zero-order chi connectivity index (χ0) is 10.4. The second-order valence-corrected chi connectivity index (χ2v) is 3.30. The molecule has 14 heavy (non-hydrogen) atoms. The van der Waals surface area contributed by atoms with Crippen LogP contribution in [0.5, 0.6) is 0 Å². The molecule has 0 N–H and O–H groups in total. The fraction of sp³-hybridized carbons (Fsp3) is 0.455. The highest BCUT2D eigenvalue weighted by Crippen LogP contribution is 2.07. The van der Waals surface area contributed by atoms with E-state index >= 15 is 0 Å². The molecule has 0 aliphatic carbocycles. The molecule has 0 saturated carbocycles. The van der Waals surface area contributed by atoms with Crippen LogP contribution in [-0.2, 0) is 9.59 Å². The minimum absolute atomic E-state index is 0.182. The molecule has 0 bridgehead atoms. The lowest BCUT2D eigenvalue weighted by molar-refractivity contribution is -0.136. The van der Waals surface area contributed by atoms with Gasteiger partial charge < -0.3 is 0 Å². The van der Waals surface area contributed by atoms with Crippen LogP contribution in [0.1, 0.15) is 25.7 Å². The third-order valence-corrected chi connectivity index (χ3v) is 2.19. The fourth-order valence-electron chi connectivity index (χ4n) is 1.39. The zero-order valence-corrected chi connectivity index (χ0v) is 8.24. The van der Waals surface area contributed by atoms with E-state index in [9.17, 15) is 9.59 Å². The summed E-state index contributed by atoms with van der Waals surface area (Å²) in [5.74, 6) is -0.363. The number of nitrogens with zero attached hydrogens (tertiary/aromatic N) is 1. The largest absolute Gasteiger partial charge is 0.275 e. The van der Waals surface area contributed by atoms with Gasteiger partial charge in [-0.1, -0.05) is 12.5 Å². The molecule has 2 amide bonds. The van der Waals surface area contributed by atoms with Crippen molar-refractivity contribution in [3.05, 3.63) is 24.8 Å². The summed E-state index contributed by atoms with van der Waals surface area (Å²) in [4.78, 5) is 23.5. The van der Waals surface area contributed by atoms with Crippen molar-refractivity contribution in [3.8, 4) is 0 Å². The molecule has 3 nitrogen and oxygen atoms in total. The Morgan fingerprint density at radius 2 is 1.79 bits per heavy atom. The molecule has 1 rings (SSSR count). The van der Waals surface area contributed by atoms with Gasteiger partial charge in [-0.2, -0.15) is 0 Å². The van der Waals surface area contributed by atoms with Gasteiger partial charge in [0.05, 0.1) is 0 Å². The molecule has 0 saturated heterocycles. The highest BCUT2D eigenvalue weighted by Gasteiger charge is 2.21. The average Bonchev–Trinajstić information content (AvgIpc) is 2.48. The number of carbonyl (C=O) groups excluding carboxylic acids is 2. The van der Waals surface area contributed by atoms with Gasteiger partial charge in [0.25, 0.3) is 11.8 Å².